The average molecular weight is 364 g/mol. The van der Waals surface area contributed by atoms with Crippen molar-refractivity contribution in [2.45, 2.75) is 45.7 Å². The third-order valence-corrected chi connectivity index (χ3v) is 6.74. The van der Waals surface area contributed by atoms with E-state index in [4.69, 9.17) is 5.73 Å². The number of halogens is 1. The summed E-state index contributed by atoms with van der Waals surface area (Å²) in [5.74, 6) is 0.835. The van der Waals surface area contributed by atoms with Crippen molar-refractivity contribution in [2.75, 3.05) is 11.5 Å². The Morgan fingerprint density at radius 1 is 1.55 bits per heavy atom. The van der Waals surface area contributed by atoms with Crippen LogP contribution in [0.15, 0.2) is 4.47 Å². The van der Waals surface area contributed by atoms with Crippen molar-refractivity contribution in [3.63, 3.8) is 0 Å². The van der Waals surface area contributed by atoms with E-state index in [9.17, 15) is 8.42 Å². The van der Waals surface area contributed by atoms with Gasteiger partial charge < -0.3 is 5.73 Å². The number of hydrogen-bond acceptors (Lipinski definition) is 4. The van der Waals surface area contributed by atoms with Gasteiger partial charge in [0.25, 0.3) is 0 Å². The highest BCUT2D eigenvalue weighted by atomic mass is 79.9. The Morgan fingerprint density at radius 2 is 2.25 bits per heavy atom. The van der Waals surface area contributed by atoms with E-state index in [1.54, 1.807) is 0 Å². The molecule has 2 heterocycles. The van der Waals surface area contributed by atoms with Crippen LogP contribution in [0.25, 0.3) is 0 Å². The van der Waals surface area contributed by atoms with Gasteiger partial charge >= 0.3 is 0 Å². The molecule has 7 heteroatoms. The molecule has 1 saturated heterocycles. The predicted octanol–water partition coefficient (Wildman–Crippen LogP) is 1.67. The van der Waals surface area contributed by atoms with Crippen LogP contribution >= 0.6 is 15.9 Å². The van der Waals surface area contributed by atoms with Crippen molar-refractivity contribution < 1.29 is 8.42 Å². The van der Waals surface area contributed by atoms with Gasteiger partial charge in [0, 0.05) is 19.0 Å². The number of nitrogens with zero attached hydrogens (tertiary/aromatic N) is 2. The molecule has 2 unspecified atom stereocenters. The van der Waals surface area contributed by atoms with Crippen LogP contribution < -0.4 is 5.73 Å². The second-order valence-electron chi connectivity index (χ2n) is 5.63. The number of hydrogen-bond donors (Lipinski definition) is 1. The summed E-state index contributed by atoms with van der Waals surface area (Å²) in [5.41, 5.74) is 8.30. The Hall–Kier alpha value is -0.400. The molecule has 5 nitrogen and oxygen atoms in total. The molecule has 0 aromatic carbocycles. The summed E-state index contributed by atoms with van der Waals surface area (Å²) in [6.45, 7) is 4.83. The summed E-state index contributed by atoms with van der Waals surface area (Å²) in [6, 6.07) is -0.0222. The second-order valence-corrected chi connectivity index (χ2v) is 8.65. The lowest BCUT2D eigenvalue weighted by atomic mass is 9.97. The van der Waals surface area contributed by atoms with Crippen LogP contribution in [0.1, 0.15) is 31.2 Å². The summed E-state index contributed by atoms with van der Waals surface area (Å²) in [4.78, 5) is 0. The maximum absolute atomic E-state index is 11.5. The molecule has 114 valence electrons. The molecule has 2 N–H and O–H groups in total. The molecule has 0 aliphatic carbocycles. The summed E-state index contributed by atoms with van der Waals surface area (Å²) in [7, 11) is -2.81. The minimum atomic E-state index is -2.81. The fraction of sp³-hybridized carbons (Fsp3) is 0.769. The molecule has 0 bridgehead atoms. The van der Waals surface area contributed by atoms with Gasteiger partial charge in [-0.3, -0.25) is 4.68 Å². The summed E-state index contributed by atoms with van der Waals surface area (Å²) >= 11 is 3.57. The molecular formula is C13H22BrN3O2S. The summed E-state index contributed by atoms with van der Waals surface area (Å²) in [5, 5.41) is 4.45. The third kappa shape index (κ3) is 3.62. The average Bonchev–Trinajstić information content (AvgIpc) is 2.83. The standard InChI is InChI=1S/C13H22BrN3O2S/c1-3-17-12(13(14)9(2)16-17)7-11(15)6-10-4-5-20(18,19)8-10/h10-11H,3-8,15H2,1-2H3. The zero-order chi connectivity index (χ0) is 14.9. The van der Waals surface area contributed by atoms with Crippen molar-refractivity contribution in [1.82, 2.24) is 9.78 Å². The SMILES string of the molecule is CCn1nc(C)c(Br)c1CC(N)CC1CCS(=O)(=O)C1. The molecule has 1 aromatic heterocycles. The fourth-order valence-electron chi connectivity index (χ4n) is 2.88. The van der Waals surface area contributed by atoms with E-state index in [1.165, 1.54) is 0 Å². The number of aromatic nitrogens is 2. The van der Waals surface area contributed by atoms with E-state index in [0.29, 0.717) is 11.5 Å². The van der Waals surface area contributed by atoms with Crippen LogP contribution in [0.4, 0.5) is 0 Å². The van der Waals surface area contributed by atoms with Gasteiger partial charge in [-0.2, -0.15) is 5.10 Å². The molecule has 1 fully saturated rings. The van der Waals surface area contributed by atoms with Crippen molar-refractivity contribution in [3.05, 3.63) is 15.9 Å². The number of aryl methyl sites for hydroxylation is 2. The van der Waals surface area contributed by atoms with Gasteiger partial charge in [0.1, 0.15) is 0 Å². The molecule has 0 amide bonds. The molecule has 0 spiro atoms. The topological polar surface area (TPSA) is 78.0 Å². The van der Waals surface area contributed by atoms with Gasteiger partial charge in [-0.15, -0.1) is 0 Å². The molecule has 0 radical (unpaired) electrons. The first-order valence-corrected chi connectivity index (χ1v) is 9.61. The first-order chi connectivity index (χ1) is 9.32. The van der Waals surface area contributed by atoms with Crippen molar-refractivity contribution >= 4 is 25.8 Å². The zero-order valence-electron chi connectivity index (χ0n) is 12.0. The van der Waals surface area contributed by atoms with E-state index in [1.807, 2.05) is 11.6 Å². The van der Waals surface area contributed by atoms with Crippen LogP contribution in [0, 0.1) is 12.8 Å². The van der Waals surface area contributed by atoms with Crippen LogP contribution in [-0.4, -0.2) is 35.7 Å². The van der Waals surface area contributed by atoms with Gasteiger partial charge in [0.05, 0.1) is 27.4 Å². The number of rotatable bonds is 5. The van der Waals surface area contributed by atoms with Crippen LogP contribution in [0.2, 0.25) is 0 Å². The Bertz CT molecular complexity index is 583. The quantitative estimate of drug-likeness (QED) is 0.862. The van der Waals surface area contributed by atoms with Gasteiger partial charge in [0.15, 0.2) is 9.84 Å². The molecule has 20 heavy (non-hydrogen) atoms. The van der Waals surface area contributed by atoms with Crippen LogP contribution in [0.3, 0.4) is 0 Å². The van der Waals surface area contributed by atoms with Gasteiger partial charge in [-0.05, 0) is 48.5 Å². The molecule has 2 rings (SSSR count). The van der Waals surface area contributed by atoms with Crippen LogP contribution in [0.5, 0.6) is 0 Å². The highest BCUT2D eigenvalue weighted by Gasteiger charge is 2.29. The van der Waals surface area contributed by atoms with E-state index >= 15 is 0 Å². The Labute approximate surface area is 129 Å². The van der Waals surface area contributed by atoms with Crippen molar-refractivity contribution in [1.29, 1.82) is 0 Å². The van der Waals surface area contributed by atoms with Gasteiger partial charge in [-0.25, -0.2) is 8.42 Å². The first-order valence-electron chi connectivity index (χ1n) is 7.00. The predicted molar refractivity (Wildman–Crippen MR) is 83.4 cm³/mol. The Kier molecular flexibility index (Phi) is 4.92. The highest BCUT2D eigenvalue weighted by Crippen LogP contribution is 2.26. The maximum atomic E-state index is 11.5. The lowest BCUT2D eigenvalue weighted by Crippen LogP contribution is -2.28. The smallest absolute Gasteiger partial charge is 0.150 e. The normalized spacial score (nSPS) is 23.1. The van der Waals surface area contributed by atoms with E-state index in [2.05, 4.69) is 28.0 Å². The van der Waals surface area contributed by atoms with E-state index in [0.717, 1.165) is 41.7 Å². The minimum absolute atomic E-state index is 0.0222. The van der Waals surface area contributed by atoms with E-state index in [-0.39, 0.29) is 12.0 Å². The molecule has 0 saturated carbocycles. The van der Waals surface area contributed by atoms with E-state index < -0.39 is 9.84 Å². The van der Waals surface area contributed by atoms with Gasteiger partial charge in [-0.1, -0.05) is 0 Å². The molecule has 1 aliphatic rings. The lowest BCUT2D eigenvalue weighted by Gasteiger charge is -2.16. The molecule has 1 aliphatic heterocycles. The highest BCUT2D eigenvalue weighted by molar-refractivity contribution is 9.10. The fourth-order valence-corrected chi connectivity index (χ4v) is 5.21. The van der Waals surface area contributed by atoms with Crippen molar-refractivity contribution in [3.8, 4) is 0 Å². The van der Waals surface area contributed by atoms with Crippen LogP contribution in [-0.2, 0) is 22.8 Å². The summed E-state index contributed by atoms with van der Waals surface area (Å²) in [6.07, 6.45) is 2.24. The first kappa shape index (κ1) is 16.0. The Balaban J connectivity index is 2.00. The molecular weight excluding hydrogens is 342 g/mol. The maximum Gasteiger partial charge on any atom is 0.150 e. The Morgan fingerprint density at radius 3 is 2.80 bits per heavy atom. The monoisotopic (exact) mass is 363 g/mol. The molecule has 2 atom stereocenters. The third-order valence-electron chi connectivity index (χ3n) is 3.87. The second kappa shape index (κ2) is 6.15. The molecule has 1 aromatic rings. The van der Waals surface area contributed by atoms with Crippen molar-refractivity contribution in [2.24, 2.45) is 11.7 Å². The number of nitrogens with two attached hydrogens (primary N) is 1. The zero-order valence-corrected chi connectivity index (χ0v) is 14.4. The van der Waals surface area contributed by atoms with Gasteiger partial charge in [0.2, 0.25) is 0 Å². The largest absolute Gasteiger partial charge is 0.327 e. The number of sulfone groups is 1. The minimum Gasteiger partial charge on any atom is -0.327 e. The lowest BCUT2D eigenvalue weighted by molar-refractivity contribution is 0.457. The summed E-state index contributed by atoms with van der Waals surface area (Å²) < 4.78 is 25.9.